The van der Waals surface area contributed by atoms with Crippen LogP contribution in [0.15, 0.2) is 30.3 Å². The van der Waals surface area contributed by atoms with Gasteiger partial charge in [-0.3, -0.25) is 4.79 Å². The van der Waals surface area contributed by atoms with Crippen LogP contribution in [0.4, 0.5) is 0 Å². The van der Waals surface area contributed by atoms with Crippen molar-refractivity contribution in [2.75, 3.05) is 12.4 Å². The maximum Gasteiger partial charge on any atom is 0.222 e. The van der Waals surface area contributed by atoms with Gasteiger partial charge in [-0.2, -0.15) is 0 Å². The Labute approximate surface area is 115 Å². The van der Waals surface area contributed by atoms with Crippen LogP contribution in [-0.4, -0.2) is 29.3 Å². The van der Waals surface area contributed by atoms with Crippen LogP contribution >= 0.6 is 11.6 Å². The van der Waals surface area contributed by atoms with Gasteiger partial charge in [-0.1, -0.05) is 30.3 Å². The van der Waals surface area contributed by atoms with Gasteiger partial charge in [0.25, 0.3) is 0 Å². The van der Waals surface area contributed by atoms with Crippen LogP contribution in [-0.2, 0) is 11.2 Å². The number of benzene rings is 1. The molecule has 0 aliphatic heterocycles. The smallest absolute Gasteiger partial charge is 0.222 e. The average Bonchev–Trinajstić information content (AvgIpc) is 2.36. The van der Waals surface area contributed by atoms with Crippen LogP contribution in [0.1, 0.15) is 32.3 Å². The lowest BCUT2D eigenvalue weighted by Gasteiger charge is -2.26. The molecule has 0 aliphatic carbocycles. The number of alkyl halides is 1. The first kappa shape index (κ1) is 15.0. The van der Waals surface area contributed by atoms with E-state index in [4.69, 9.17) is 11.6 Å². The summed E-state index contributed by atoms with van der Waals surface area (Å²) in [5.74, 6) is 0.712. The maximum absolute atomic E-state index is 12.0. The Morgan fingerprint density at radius 2 is 1.94 bits per heavy atom. The van der Waals surface area contributed by atoms with Gasteiger partial charge in [0.2, 0.25) is 5.91 Å². The van der Waals surface area contributed by atoms with Crippen molar-refractivity contribution >= 4 is 17.5 Å². The molecule has 1 rings (SSSR count). The SMILES string of the molecule is CC(C)N(CCCl)C(=O)CCCc1ccccc1. The summed E-state index contributed by atoms with van der Waals surface area (Å²) in [5, 5.41) is 0. The fraction of sp³-hybridized carbons (Fsp3) is 0.533. The number of carbonyl (C=O) groups excluding carboxylic acids is 1. The molecular weight excluding hydrogens is 246 g/mol. The van der Waals surface area contributed by atoms with Gasteiger partial charge in [0.15, 0.2) is 0 Å². The molecule has 0 heterocycles. The van der Waals surface area contributed by atoms with Crippen LogP contribution in [0.25, 0.3) is 0 Å². The first-order valence-corrected chi connectivity index (χ1v) is 7.08. The molecule has 1 amide bonds. The minimum Gasteiger partial charge on any atom is -0.339 e. The molecular formula is C15H22ClNO. The fourth-order valence-corrected chi connectivity index (χ4v) is 2.18. The van der Waals surface area contributed by atoms with Gasteiger partial charge in [0.05, 0.1) is 0 Å². The van der Waals surface area contributed by atoms with Crippen LogP contribution < -0.4 is 0 Å². The van der Waals surface area contributed by atoms with E-state index in [-0.39, 0.29) is 11.9 Å². The van der Waals surface area contributed by atoms with Crippen LogP contribution in [0.2, 0.25) is 0 Å². The molecule has 0 saturated carbocycles. The molecule has 0 radical (unpaired) electrons. The van der Waals surface area contributed by atoms with Crippen molar-refractivity contribution in [3.05, 3.63) is 35.9 Å². The zero-order chi connectivity index (χ0) is 13.4. The standard InChI is InChI=1S/C15H22ClNO/c1-13(2)17(12-11-16)15(18)10-6-9-14-7-4-3-5-8-14/h3-5,7-8,13H,6,9-12H2,1-2H3. The Bertz CT molecular complexity index is 351. The Morgan fingerprint density at radius 1 is 1.28 bits per heavy atom. The predicted octanol–water partition coefficient (Wildman–Crippen LogP) is 3.49. The van der Waals surface area contributed by atoms with Crippen molar-refractivity contribution < 1.29 is 4.79 Å². The topological polar surface area (TPSA) is 20.3 Å². The van der Waals surface area contributed by atoms with Gasteiger partial charge >= 0.3 is 0 Å². The Morgan fingerprint density at radius 3 is 2.50 bits per heavy atom. The number of hydrogen-bond acceptors (Lipinski definition) is 1. The van der Waals surface area contributed by atoms with Crippen molar-refractivity contribution in [3.63, 3.8) is 0 Å². The summed E-state index contributed by atoms with van der Waals surface area (Å²) in [6.45, 7) is 4.70. The number of halogens is 1. The second kappa shape index (κ2) is 8.15. The van der Waals surface area contributed by atoms with E-state index in [0.29, 0.717) is 18.8 Å². The largest absolute Gasteiger partial charge is 0.339 e. The highest BCUT2D eigenvalue weighted by Gasteiger charge is 2.15. The summed E-state index contributed by atoms with van der Waals surface area (Å²) in [6, 6.07) is 10.5. The third-order valence-corrected chi connectivity index (χ3v) is 3.14. The number of rotatable bonds is 7. The van der Waals surface area contributed by atoms with E-state index in [1.54, 1.807) is 0 Å². The van der Waals surface area contributed by atoms with E-state index in [1.165, 1.54) is 5.56 Å². The number of carbonyl (C=O) groups is 1. The number of amides is 1. The normalized spacial score (nSPS) is 10.7. The molecule has 0 N–H and O–H groups in total. The second-order valence-corrected chi connectivity index (χ2v) is 5.09. The Hall–Kier alpha value is -1.02. The van der Waals surface area contributed by atoms with Gasteiger partial charge in [-0.15, -0.1) is 11.6 Å². The van der Waals surface area contributed by atoms with Gasteiger partial charge in [0.1, 0.15) is 0 Å². The third kappa shape index (κ3) is 5.09. The molecule has 0 bridgehead atoms. The number of nitrogens with zero attached hydrogens (tertiary/aromatic N) is 1. The zero-order valence-corrected chi connectivity index (χ0v) is 12.0. The summed E-state index contributed by atoms with van der Waals surface area (Å²) in [4.78, 5) is 13.9. The average molecular weight is 268 g/mol. The van der Waals surface area contributed by atoms with E-state index >= 15 is 0 Å². The van der Waals surface area contributed by atoms with Crippen molar-refractivity contribution in [2.24, 2.45) is 0 Å². The molecule has 0 saturated heterocycles. The van der Waals surface area contributed by atoms with Crippen LogP contribution in [0.5, 0.6) is 0 Å². The molecule has 0 atom stereocenters. The molecule has 1 aromatic carbocycles. The van der Waals surface area contributed by atoms with Crippen LogP contribution in [0.3, 0.4) is 0 Å². The van der Waals surface area contributed by atoms with Crippen molar-refractivity contribution in [2.45, 2.75) is 39.2 Å². The van der Waals surface area contributed by atoms with E-state index < -0.39 is 0 Å². The van der Waals surface area contributed by atoms with Crippen LogP contribution in [0, 0.1) is 0 Å². The number of aryl methyl sites for hydroxylation is 1. The molecule has 0 spiro atoms. The van der Waals surface area contributed by atoms with Gasteiger partial charge in [-0.05, 0) is 32.3 Å². The second-order valence-electron chi connectivity index (χ2n) is 4.71. The lowest BCUT2D eigenvalue weighted by atomic mass is 10.1. The van der Waals surface area contributed by atoms with E-state index in [2.05, 4.69) is 12.1 Å². The van der Waals surface area contributed by atoms with Gasteiger partial charge in [-0.25, -0.2) is 0 Å². The zero-order valence-electron chi connectivity index (χ0n) is 11.2. The number of hydrogen-bond donors (Lipinski definition) is 0. The van der Waals surface area contributed by atoms with E-state index in [1.807, 2.05) is 36.9 Å². The Balaban J connectivity index is 2.36. The lowest BCUT2D eigenvalue weighted by Crippen LogP contribution is -2.38. The van der Waals surface area contributed by atoms with Gasteiger partial charge in [0, 0.05) is 24.9 Å². The summed E-state index contributed by atoms with van der Waals surface area (Å²) in [6.07, 6.45) is 2.46. The molecule has 0 unspecified atom stereocenters. The quantitative estimate of drug-likeness (QED) is 0.693. The minimum atomic E-state index is 0.210. The fourth-order valence-electron chi connectivity index (χ4n) is 1.99. The molecule has 3 heteroatoms. The van der Waals surface area contributed by atoms with Crippen molar-refractivity contribution in [3.8, 4) is 0 Å². The summed E-state index contributed by atoms with van der Waals surface area (Å²) in [7, 11) is 0. The highest BCUT2D eigenvalue weighted by molar-refractivity contribution is 6.18. The maximum atomic E-state index is 12.0. The lowest BCUT2D eigenvalue weighted by molar-refractivity contribution is -0.132. The van der Waals surface area contributed by atoms with Crippen molar-refractivity contribution in [1.29, 1.82) is 0 Å². The minimum absolute atomic E-state index is 0.210. The monoisotopic (exact) mass is 267 g/mol. The first-order chi connectivity index (χ1) is 8.65. The first-order valence-electron chi connectivity index (χ1n) is 6.54. The summed E-state index contributed by atoms with van der Waals surface area (Å²) < 4.78 is 0. The molecule has 100 valence electrons. The molecule has 0 fully saturated rings. The van der Waals surface area contributed by atoms with Crippen molar-refractivity contribution in [1.82, 2.24) is 4.90 Å². The molecule has 0 aromatic heterocycles. The molecule has 0 aliphatic rings. The summed E-state index contributed by atoms with van der Waals surface area (Å²) in [5.41, 5.74) is 1.29. The van der Waals surface area contributed by atoms with Gasteiger partial charge < -0.3 is 4.90 Å². The van der Waals surface area contributed by atoms with E-state index in [9.17, 15) is 4.79 Å². The molecule has 18 heavy (non-hydrogen) atoms. The highest BCUT2D eigenvalue weighted by Crippen LogP contribution is 2.08. The highest BCUT2D eigenvalue weighted by atomic mass is 35.5. The predicted molar refractivity (Wildman–Crippen MR) is 76.9 cm³/mol. The van der Waals surface area contributed by atoms with E-state index in [0.717, 1.165) is 12.8 Å². The Kier molecular flexibility index (Phi) is 6.81. The molecule has 1 aromatic rings. The summed E-state index contributed by atoms with van der Waals surface area (Å²) >= 11 is 5.72. The third-order valence-electron chi connectivity index (χ3n) is 2.97. The molecule has 2 nitrogen and oxygen atoms in total.